The van der Waals surface area contributed by atoms with Crippen LogP contribution < -0.4 is 10.8 Å². The molecule has 0 radical (unpaired) electrons. The minimum Gasteiger partial charge on any atom is -0.399 e. The Labute approximate surface area is 72.7 Å². The van der Waals surface area contributed by atoms with Crippen LogP contribution in [0.15, 0.2) is 18.2 Å². The number of hydrogen-bond acceptors (Lipinski definition) is 3. The van der Waals surface area contributed by atoms with Crippen molar-refractivity contribution in [2.24, 2.45) is 0 Å². The topological polar surface area (TPSA) is 38.5 Å². The fraction of sp³-hybridized carbons (Fsp3) is 0.333. The van der Waals surface area contributed by atoms with Gasteiger partial charge in [-0.25, -0.2) is 0 Å². The molecule has 0 aromatic heterocycles. The summed E-state index contributed by atoms with van der Waals surface area (Å²) in [7, 11) is 3.48. The van der Waals surface area contributed by atoms with Crippen molar-refractivity contribution in [3.63, 3.8) is 0 Å². The maximum Gasteiger partial charge on any atom is 0.0682 e. The third-order valence-corrected chi connectivity index (χ3v) is 1.85. The molecule has 0 heterocycles. The molecule has 1 rings (SSSR count). The quantitative estimate of drug-likeness (QED) is 0.535. The average molecular weight is 166 g/mol. The molecule has 0 atom stereocenters. The monoisotopic (exact) mass is 166 g/mol. The maximum atomic E-state index is 5.64. The number of nitrogen functional groups attached to an aromatic ring is 1. The second-order valence-electron chi connectivity index (χ2n) is 2.73. The van der Waals surface area contributed by atoms with E-state index in [4.69, 9.17) is 10.6 Å². The van der Waals surface area contributed by atoms with Crippen LogP contribution in [0.4, 0.5) is 11.4 Å². The number of nitrogens with two attached hydrogens (primary N) is 1. The number of aryl methyl sites for hydroxylation is 1. The molecule has 0 aliphatic rings. The largest absolute Gasteiger partial charge is 0.399 e. The summed E-state index contributed by atoms with van der Waals surface area (Å²) in [6.45, 7) is 2.02. The summed E-state index contributed by atoms with van der Waals surface area (Å²) in [6, 6.07) is 5.74. The number of anilines is 2. The van der Waals surface area contributed by atoms with Crippen LogP contribution in [-0.4, -0.2) is 14.2 Å². The summed E-state index contributed by atoms with van der Waals surface area (Å²) >= 11 is 0. The highest BCUT2D eigenvalue weighted by Crippen LogP contribution is 2.21. The third-order valence-electron chi connectivity index (χ3n) is 1.85. The highest BCUT2D eigenvalue weighted by atomic mass is 16.7. The van der Waals surface area contributed by atoms with E-state index in [1.165, 1.54) is 0 Å². The van der Waals surface area contributed by atoms with Gasteiger partial charge in [-0.3, -0.25) is 9.90 Å². The molecule has 3 heteroatoms. The molecular weight excluding hydrogens is 152 g/mol. The highest BCUT2D eigenvalue weighted by Gasteiger charge is 2.02. The van der Waals surface area contributed by atoms with Crippen LogP contribution in [0.5, 0.6) is 0 Å². The van der Waals surface area contributed by atoms with Gasteiger partial charge in [0.25, 0.3) is 0 Å². The van der Waals surface area contributed by atoms with Crippen LogP contribution in [0.2, 0.25) is 0 Å². The van der Waals surface area contributed by atoms with E-state index in [0.717, 1.165) is 16.9 Å². The molecule has 0 fully saturated rings. The van der Waals surface area contributed by atoms with Gasteiger partial charge in [0.2, 0.25) is 0 Å². The van der Waals surface area contributed by atoms with Crippen molar-refractivity contribution in [3.8, 4) is 0 Å². The predicted molar refractivity (Wildman–Crippen MR) is 51.0 cm³/mol. The molecule has 0 aliphatic heterocycles. The number of benzene rings is 1. The molecule has 0 saturated heterocycles. The molecule has 1 aromatic carbocycles. The minimum atomic E-state index is 0.750. The maximum absolute atomic E-state index is 5.64. The van der Waals surface area contributed by atoms with Crippen LogP contribution in [0, 0.1) is 6.92 Å². The number of hydroxylamine groups is 1. The van der Waals surface area contributed by atoms with Crippen molar-refractivity contribution in [3.05, 3.63) is 23.8 Å². The average Bonchev–Trinajstić information content (AvgIpc) is 2.08. The molecule has 2 N–H and O–H groups in total. The summed E-state index contributed by atoms with van der Waals surface area (Å²) < 4.78 is 0. The molecule has 0 saturated carbocycles. The van der Waals surface area contributed by atoms with E-state index >= 15 is 0 Å². The fourth-order valence-electron chi connectivity index (χ4n) is 1.06. The summed E-state index contributed by atoms with van der Waals surface area (Å²) in [4.78, 5) is 5.05. The lowest BCUT2D eigenvalue weighted by molar-refractivity contribution is 0.184. The molecule has 3 nitrogen and oxygen atoms in total. The van der Waals surface area contributed by atoms with E-state index in [-0.39, 0.29) is 0 Å². The fourth-order valence-corrected chi connectivity index (χ4v) is 1.06. The van der Waals surface area contributed by atoms with Crippen LogP contribution in [0.25, 0.3) is 0 Å². The Bertz CT molecular complexity index is 273. The minimum absolute atomic E-state index is 0.750. The summed E-state index contributed by atoms with van der Waals surface area (Å²) in [5, 5.41) is 1.69. The first-order valence-corrected chi connectivity index (χ1v) is 3.79. The predicted octanol–water partition coefficient (Wildman–Crippen LogP) is 1.57. The summed E-state index contributed by atoms with van der Waals surface area (Å²) in [5.74, 6) is 0. The zero-order chi connectivity index (χ0) is 9.14. The number of nitrogens with zero attached hydrogens (tertiary/aromatic N) is 1. The molecular formula is C9H14N2O. The van der Waals surface area contributed by atoms with Gasteiger partial charge in [-0.2, -0.15) is 0 Å². The third kappa shape index (κ3) is 1.68. The van der Waals surface area contributed by atoms with E-state index in [0.29, 0.717) is 0 Å². The van der Waals surface area contributed by atoms with Gasteiger partial charge in [0.05, 0.1) is 12.8 Å². The van der Waals surface area contributed by atoms with Crippen molar-refractivity contribution >= 4 is 11.4 Å². The SMILES string of the molecule is CON(C)c1cc(N)ccc1C. The highest BCUT2D eigenvalue weighted by molar-refractivity contribution is 5.59. The Kier molecular flexibility index (Phi) is 2.55. The van der Waals surface area contributed by atoms with Gasteiger partial charge in [0.1, 0.15) is 0 Å². The second kappa shape index (κ2) is 3.45. The zero-order valence-electron chi connectivity index (χ0n) is 7.66. The summed E-state index contributed by atoms with van der Waals surface area (Å²) in [6.07, 6.45) is 0. The van der Waals surface area contributed by atoms with Crippen molar-refractivity contribution < 1.29 is 4.84 Å². The molecule has 66 valence electrons. The lowest BCUT2D eigenvalue weighted by Crippen LogP contribution is -2.15. The molecule has 0 spiro atoms. The lowest BCUT2D eigenvalue weighted by atomic mass is 10.2. The van der Waals surface area contributed by atoms with Crippen molar-refractivity contribution in [2.75, 3.05) is 25.0 Å². The van der Waals surface area contributed by atoms with Crippen LogP contribution >= 0.6 is 0 Å². The van der Waals surface area contributed by atoms with Crippen LogP contribution in [0.3, 0.4) is 0 Å². The Balaban J connectivity index is 3.04. The van der Waals surface area contributed by atoms with Crippen molar-refractivity contribution in [2.45, 2.75) is 6.92 Å². The van der Waals surface area contributed by atoms with Crippen molar-refractivity contribution in [1.29, 1.82) is 0 Å². The normalized spacial score (nSPS) is 9.92. The van der Waals surface area contributed by atoms with E-state index < -0.39 is 0 Å². The molecule has 0 bridgehead atoms. The van der Waals surface area contributed by atoms with E-state index in [1.807, 2.05) is 32.2 Å². The molecule has 0 aliphatic carbocycles. The number of hydrogen-bond donors (Lipinski definition) is 1. The Morgan fingerprint density at radius 2 is 2.08 bits per heavy atom. The van der Waals surface area contributed by atoms with Crippen LogP contribution in [-0.2, 0) is 4.84 Å². The zero-order valence-corrected chi connectivity index (χ0v) is 7.66. The smallest absolute Gasteiger partial charge is 0.0682 e. The first-order chi connectivity index (χ1) is 5.65. The first-order valence-electron chi connectivity index (χ1n) is 3.79. The van der Waals surface area contributed by atoms with E-state index in [1.54, 1.807) is 12.2 Å². The lowest BCUT2D eigenvalue weighted by Gasteiger charge is -2.18. The summed E-state index contributed by atoms with van der Waals surface area (Å²) in [5.41, 5.74) is 8.53. The molecule has 12 heavy (non-hydrogen) atoms. The van der Waals surface area contributed by atoms with Gasteiger partial charge < -0.3 is 5.73 Å². The van der Waals surface area contributed by atoms with Gasteiger partial charge in [-0.1, -0.05) is 6.07 Å². The van der Waals surface area contributed by atoms with Gasteiger partial charge in [-0.05, 0) is 24.6 Å². The van der Waals surface area contributed by atoms with Crippen molar-refractivity contribution in [1.82, 2.24) is 0 Å². The van der Waals surface area contributed by atoms with Gasteiger partial charge >= 0.3 is 0 Å². The number of rotatable bonds is 2. The van der Waals surface area contributed by atoms with E-state index in [2.05, 4.69) is 0 Å². The Morgan fingerprint density at radius 3 is 2.67 bits per heavy atom. The second-order valence-corrected chi connectivity index (χ2v) is 2.73. The standard InChI is InChI=1S/C9H14N2O/c1-7-4-5-8(10)6-9(7)11(2)12-3/h4-6H,10H2,1-3H3. The van der Waals surface area contributed by atoms with Gasteiger partial charge in [-0.15, -0.1) is 0 Å². The molecule has 0 unspecified atom stereocenters. The Hall–Kier alpha value is -1.22. The molecule has 1 aromatic rings. The van der Waals surface area contributed by atoms with Crippen LogP contribution in [0.1, 0.15) is 5.56 Å². The first kappa shape index (κ1) is 8.87. The molecule has 0 amide bonds. The van der Waals surface area contributed by atoms with E-state index in [9.17, 15) is 0 Å². The van der Waals surface area contributed by atoms with Gasteiger partial charge in [0.15, 0.2) is 0 Å². The van der Waals surface area contributed by atoms with Gasteiger partial charge in [0, 0.05) is 12.7 Å². The Morgan fingerprint density at radius 1 is 1.42 bits per heavy atom.